The lowest BCUT2D eigenvalue weighted by Gasteiger charge is -1.99. The minimum atomic E-state index is 0.0649. The summed E-state index contributed by atoms with van der Waals surface area (Å²) in [5.41, 5.74) is 0.776. The van der Waals surface area contributed by atoms with Gasteiger partial charge in [-0.2, -0.15) is 5.10 Å². The Bertz CT molecular complexity index is 442. The lowest BCUT2D eigenvalue weighted by Crippen LogP contribution is -2.04. The lowest BCUT2D eigenvalue weighted by atomic mass is 10.4. The maximum atomic E-state index is 8.81. The molecule has 14 heavy (non-hydrogen) atoms. The van der Waals surface area contributed by atoms with Gasteiger partial charge in [-0.3, -0.25) is 0 Å². The molecule has 0 aromatic carbocycles. The number of hydrogen-bond donors (Lipinski definition) is 1. The third kappa shape index (κ3) is 1.46. The normalized spacial score (nSPS) is 11.0. The van der Waals surface area contributed by atoms with Crippen LogP contribution in [0.2, 0.25) is 0 Å². The van der Waals surface area contributed by atoms with Crippen LogP contribution in [-0.4, -0.2) is 37.7 Å². The van der Waals surface area contributed by atoms with Crippen LogP contribution in [0.4, 0.5) is 0 Å². The van der Waals surface area contributed by atoms with Gasteiger partial charge in [0.2, 0.25) is 0 Å². The summed E-state index contributed by atoms with van der Waals surface area (Å²) in [7, 11) is 0. The van der Waals surface area contributed by atoms with Crippen LogP contribution in [0.5, 0.6) is 0 Å². The minimum Gasteiger partial charge on any atom is -0.394 e. The molecule has 0 aliphatic carbocycles. The molecule has 0 saturated carbocycles. The van der Waals surface area contributed by atoms with E-state index in [1.807, 2.05) is 6.26 Å². The number of rotatable bonds is 3. The third-order valence-electron chi connectivity index (χ3n) is 1.90. The van der Waals surface area contributed by atoms with E-state index in [1.54, 1.807) is 22.6 Å². The lowest BCUT2D eigenvalue weighted by molar-refractivity contribution is 0.271. The quantitative estimate of drug-likeness (QED) is 0.591. The molecular formula is C8H10N4OS. The van der Waals surface area contributed by atoms with Crippen LogP contribution in [0.1, 0.15) is 0 Å². The predicted octanol–water partition coefficient (Wildman–Crippen LogP) is 0.540. The van der Waals surface area contributed by atoms with E-state index in [-0.39, 0.29) is 6.61 Å². The fourth-order valence-corrected chi connectivity index (χ4v) is 1.81. The molecule has 0 spiro atoms. The van der Waals surface area contributed by atoms with Gasteiger partial charge >= 0.3 is 0 Å². The number of nitrogens with zero attached hydrogens (tertiary/aromatic N) is 4. The van der Waals surface area contributed by atoms with Gasteiger partial charge in [0.05, 0.1) is 24.7 Å². The molecule has 0 aliphatic rings. The van der Waals surface area contributed by atoms with Crippen molar-refractivity contribution in [3.63, 3.8) is 0 Å². The topological polar surface area (TPSA) is 63.8 Å². The average molecular weight is 210 g/mol. The van der Waals surface area contributed by atoms with E-state index in [9.17, 15) is 0 Å². The van der Waals surface area contributed by atoms with Gasteiger partial charge in [-0.25, -0.2) is 14.6 Å². The second kappa shape index (κ2) is 3.93. The molecule has 6 heteroatoms. The molecule has 1 N–H and O–H groups in total. The Balaban J connectivity index is 2.57. The van der Waals surface area contributed by atoms with Gasteiger partial charge in [0, 0.05) is 0 Å². The number of aliphatic hydroxyl groups is 1. The standard InChI is InChI=1S/C8H10N4OS/c1-14-8-6-4-11-12(2-3-13)7(6)9-5-10-8/h4-5,13H,2-3H2,1H3. The largest absolute Gasteiger partial charge is 0.394 e. The highest BCUT2D eigenvalue weighted by Gasteiger charge is 2.07. The molecule has 0 radical (unpaired) electrons. The predicted molar refractivity (Wildman–Crippen MR) is 54.2 cm³/mol. The first-order chi connectivity index (χ1) is 6.86. The Morgan fingerprint density at radius 2 is 2.36 bits per heavy atom. The fraction of sp³-hybridized carbons (Fsp3) is 0.375. The Labute approximate surface area is 85.2 Å². The number of thioether (sulfide) groups is 1. The first-order valence-electron chi connectivity index (χ1n) is 4.18. The molecule has 0 unspecified atom stereocenters. The van der Waals surface area contributed by atoms with E-state index in [0.717, 1.165) is 16.1 Å². The van der Waals surface area contributed by atoms with Gasteiger partial charge in [0.25, 0.3) is 0 Å². The van der Waals surface area contributed by atoms with Gasteiger partial charge in [0.1, 0.15) is 11.4 Å². The van der Waals surface area contributed by atoms with Crippen LogP contribution < -0.4 is 0 Å². The van der Waals surface area contributed by atoms with Crippen molar-refractivity contribution in [3.05, 3.63) is 12.5 Å². The summed E-state index contributed by atoms with van der Waals surface area (Å²) in [5.74, 6) is 0. The summed E-state index contributed by atoms with van der Waals surface area (Å²) >= 11 is 1.56. The molecule has 5 nitrogen and oxygen atoms in total. The van der Waals surface area contributed by atoms with Gasteiger partial charge in [-0.1, -0.05) is 0 Å². The molecule has 2 heterocycles. The second-order valence-electron chi connectivity index (χ2n) is 2.71. The van der Waals surface area contributed by atoms with Gasteiger partial charge < -0.3 is 5.11 Å². The Morgan fingerprint density at radius 3 is 3.07 bits per heavy atom. The number of aromatic nitrogens is 4. The average Bonchev–Trinajstić information content (AvgIpc) is 2.62. The van der Waals surface area contributed by atoms with E-state index >= 15 is 0 Å². The summed E-state index contributed by atoms with van der Waals surface area (Å²) in [4.78, 5) is 8.27. The molecule has 0 amide bonds. The molecule has 2 rings (SSSR count). The van der Waals surface area contributed by atoms with Crippen LogP contribution in [0, 0.1) is 0 Å². The van der Waals surface area contributed by atoms with Crippen LogP contribution in [0.25, 0.3) is 11.0 Å². The van der Waals surface area contributed by atoms with E-state index < -0.39 is 0 Å². The number of hydrogen-bond acceptors (Lipinski definition) is 5. The molecule has 0 bridgehead atoms. The maximum Gasteiger partial charge on any atom is 0.162 e. The van der Waals surface area contributed by atoms with E-state index in [1.165, 1.54) is 6.33 Å². The highest BCUT2D eigenvalue weighted by Crippen LogP contribution is 2.21. The summed E-state index contributed by atoms with van der Waals surface area (Å²) in [6.45, 7) is 0.531. The Kier molecular flexibility index (Phi) is 2.64. The monoisotopic (exact) mass is 210 g/mol. The third-order valence-corrected chi connectivity index (χ3v) is 2.61. The Hall–Kier alpha value is -1.14. The van der Waals surface area contributed by atoms with E-state index in [2.05, 4.69) is 15.1 Å². The SMILES string of the molecule is CSc1ncnc2c1cnn2CCO. The molecule has 0 saturated heterocycles. The first-order valence-corrected chi connectivity index (χ1v) is 5.40. The molecule has 0 aliphatic heterocycles. The highest BCUT2D eigenvalue weighted by atomic mass is 32.2. The Morgan fingerprint density at radius 1 is 1.50 bits per heavy atom. The van der Waals surface area contributed by atoms with Gasteiger partial charge in [-0.05, 0) is 6.26 Å². The van der Waals surface area contributed by atoms with Crippen molar-refractivity contribution in [1.82, 2.24) is 19.7 Å². The first kappa shape index (κ1) is 9.42. The van der Waals surface area contributed by atoms with Crippen molar-refractivity contribution in [2.24, 2.45) is 0 Å². The van der Waals surface area contributed by atoms with Crippen molar-refractivity contribution >= 4 is 22.8 Å². The summed E-state index contributed by atoms with van der Waals surface area (Å²) in [6.07, 6.45) is 5.21. The van der Waals surface area contributed by atoms with Crippen molar-refractivity contribution < 1.29 is 5.11 Å². The highest BCUT2D eigenvalue weighted by molar-refractivity contribution is 7.98. The van der Waals surface area contributed by atoms with E-state index in [0.29, 0.717) is 6.54 Å². The summed E-state index contributed by atoms with van der Waals surface area (Å²) in [6, 6.07) is 0. The molecule has 0 atom stereocenters. The van der Waals surface area contributed by atoms with Crippen LogP contribution in [0.3, 0.4) is 0 Å². The maximum absolute atomic E-state index is 8.81. The van der Waals surface area contributed by atoms with Crippen molar-refractivity contribution in [1.29, 1.82) is 0 Å². The zero-order valence-corrected chi connectivity index (χ0v) is 8.53. The van der Waals surface area contributed by atoms with Crippen LogP contribution in [0.15, 0.2) is 17.6 Å². The van der Waals surface area contributed by atoms with E-state index in [4.69, 9.17) is 5.11 Å². The van der Waals surface area contributed by atoms with Crippen LogP contribution >= 0.6 is 11.8 Å². The fourth-order valence-electron chi connectivity index (χ4n) is 1.29. The smallest absolute Gasteiger partial charge is 0.162 e. The van der Waals surface area contributed by atoms with Crippen molar-refractivity contribution in [3.8, 4) is 0 Å². The van der Waals surface area contributed by atoms with Crippen molar-refractivity contribution in [2.45, 2.75) is 11.6 Å². The molecular weight excluding hydrogens is 200 g/mol. The zero-order valence-electron chi connectivity index (χ0n) is 7.71. The molecule has 2 aromatic rings. The van der Waals surface area contributed by atoms with Gasteiger partial charge in [0.15, 0.2) is 5.65 Å². The molecule has 0 fully saturated rings. The summed E-state index contributed by atoms with van der Waals surface area (Å²) in [5, 5.41) is 14.8. The van der Waals surface area contributed by atoms with Crippen molar-refractivity contribution in [2.75, 3.05) is 12.9 Å². The van der Waals surface area contributed by atoms with Gasteiger partial charge in [-0.15, -0.1) is 11.8 Å². The van der Waals surface area contributed by atoms with Crippen LogP contribution in [-0.2, 0) is 6.54 Å². The second-order valence-corrected chi connectivity index (χ2v) is 3.51. The zero-order chi connectivity index (χ0) is 9.97. The number of aliphatic hydroxyl groups excluding tert-OH is 1. The molecule has 2 aromatic heterocycles. The minimum absolute atomic E-state index is 0.0649. The molecule has 74 valence electrons. The number of fused-ring (bicyclic) bond motifs is 1. The summed E-state index contributed by atoms with van der Waals surface area (Å²) < 4.78 is 1.68.